The summed E-state index contributed by atoms with van der Waals surface area (Å²) in [6.07, 6.45) is 4.89. The molecule has 32 heavy (non-hydrogen) atoms. The number of methoxy groups -OCH3 is 1. The van der Waals surface area contributed by atoms with E-state index >= 15 is 0 Å². The molecule has 5 heterocycles. The maximum Gasteiger partial charge on any atom is 0.164 e. The summed E-state index contributed by atoms with van der Waals surface area (Å²) in [5, 5.41) is 15.7. The number of H-pyrrole nitrogens is 1. The van der Waals surface area contributed by atoms with Gasteiger partial charge in [-0.3, -0.25) is 4.98 Å². The SMILES string of the molecule is CO[C@H](CO)c1nc(N2CCOCC2)cc(-n2nc(-c3c[nH]c4cnccc34)cc2C)n1. The van der Waals surface area contributed by atoms with Crippen molar-refractivity contribution in [2.45, 2.75) is 13.0 Å². The monoisotopic (exact) mass is 435 g/mol. The molecule has 0 aliphatic carbocycles. The van der Waals surface area contributed by atoms with Crippen LogP contribution in [0.2, 0.25) is 0 Å². The van der Waals surface area contributed by atoms with Crippen molar-refractivity contribution in [3.8, 4) is 17.1 Å². The number of aryl methyl sites for hydroxylation is 1. The highest BCUT2D eigenvalue weighted by Gasteiger charge is 2.21. The van der Waals surface area contributed by atoms with Crippen molar-refractivity contribution in [3.63, 3.8) is 0 Å². The number of aromatic amines is 1. The van der Waals surface area contributed by atoms with Gasteiger partial charge in [-0.05, 0) is 19.1 Å². The minimum atomic E-state index is -0.619. The van der Waals surface area contributed by atoms with E-state index in [9.17, 15) is 5.11 Å². The van der Waals surface area contributed by atoms with Gasteiger partial charge in [-0.1, -0.05) is 0 Å². The summed E-state index contributed by atoms with van der Waals surface area (Å²) < 4.78 is 12.7. The highest BCUT2D eigenvalue weighted by molar-refractivity contribution is 5.94. The van der Waals surface area contributed by atoms with Crippen molar-refractivity contribution in [1.29, 1.82) is 0 Å². The fourth-order valence-corrected chi connectivity index (χ4v) is 3.93. The molecule has 0 spiro atoms. The first-order valence-electron chi connectivity index (χ1n) is 10.5. The predicted octanol–water partition coefficient (Wildman–Crippen LogP) is 2.03. The molecule has 10 nitrogen and oxygen atoms in total. The zero-order valence-electron chi connectivity index (χ0n) is 18.0. The number of anilines is 1. The van der Waals surface area contributed by atoms with Crippen LogP contribution in [-0.2, 0) is 9.47 Å². The number of morpholine rings is 1. The molecule has 1 aliphatic rings. The molecule has 1 saturated heterocycles. The van der Waals surface area contributed by atoms with Crippen molar-refractivity contribution in [1.82, 2.24) is 29.7 Å². The Hall–Kier alpha value is -3.34. The van der Waals surface area contributed by atoms with Gasteiger partial charge in [-0.25, -0.2) is 14.6 Å². The second-order valence-electron chi connectivity index (χ2n) is 7.66. The number of pyridine rings is 1. The zero-order valence-corrected chi connectivity index (χ0v) is 18.0. The van der Waals surface area contributed by atoms with E-state index in [2.05, 4.69) is 24.8 Å². The molecular formula is C22H25N7O3. The number of rotatable bonds is 6. The lowest BCUT2D eigenvalue weighted by Crippen LogP contribution is -2.37. The van der Waals surface area contributed by atoms with E-state index in [4.69, 9.17) is 14.6 Å². The van der Waals surface area contributed by atoms with E-state index in [0.717, 1.165) is 46.8 Å². The van der Waals surface area contributed by atoms with Crippen molar-refractivity contribution < 1.29 is 14.6 Å². The average Bonchev–Trinajstić information content (AvgIpc) is 3.44. The summed E-state index contributed by atoms with van der Waals surface area (Å²) in [4.78, 5) is 18.9. The number of hydrogen-bond acceptors (Lipinski definition) is 8. The van der Waals surface area contributed by atoms with E-state index in [1.54, 1.807) is 17.1 Å². The number of fused-ring (bicyclic) bond motifs is 1. The van der Waals surface area contributed by atoms with Gasteiger partial charge >= 0.3 is 0 Å². The Bertz CT molecular complexity index is 1230. The molecule has 0 radical (unpaired) electrons. The zero-order chi connectivity index (χ0) is 22.1. The van der Waals surface area contributed by atoms with Gasteiger partial charge < -0.3 is 24.5 Å². The maximum absolute atomic E-state index is 9.76. The lowest BCUT2D eigenvalue weighted by Gasteiger charge is -2.28. The number of aromatic nitrogens is 6. The third kappa shape index (κ3) is 3.72. The maximum atomic E-state index is 9.76. The van der Waals surface area contributed by atoms with Gasteiger partial charge in [-0.2, -0.15) is 5.10 Å². The van der Waals surface area contributed by atoms with E-state index in [-0.39, 0.29) is 6.61 Å². The standard InChI is InChI=1S/C22H25N7O3/c1-14-9-17(16-11-24-18-12-23-4-3-15(16)18)27-29(14)21-10-20(28-5-7-32-8-6-28)25-22(26-21)19(13-30)31-2/h3-4,9-12,19,24,30H,5-8,13H2,1-2H3/t19-/m1/s1. The molecule has 0 aromatic carbocycles. The quantitative estimate of drug-likeness (QED) is 0.473. The molecule has 0 unspecified atom stereocenters. The summed E-state index contributed by atoms with van der Waals surface area (Å²) in [5.74, 6) is 1.80. The molecule has 0 amide bonds. The van der Waals surface area contributed by atoms with Crippen molar-refractivity contribution in [3.05, 3.63) is 48.3 Å². The summed E-state index contributed by atoms with van der Waals surface area (Å²) in [5.41, 5.74) is 3.72. The Morgan fingerprint density at radius 3 is 2.81 bits per heavy atom. The average molecular weight is 435 g/mol. The van der Waals surface area contributed by atoms with Crippen LogP contribution in [-0.4, -0.2) is 74.8 Å². The topological polar surface area (TPSA) is 114 Å². The number of aliphatic hydroxyl groups excluding tert-OH is 1. The Labute approximate surface area is 184 Å². The van der Waals surface area contributed by atoms with Crippen LogP contribution >= 0.6 is 0 Å². The fourth-order valence-electron chi connectivity index (χ4n) is 3.93. The lowest BCUT2D eigenvalue weighted by atomic mass is 10.1. The normalized spacial score (nSPS) is 15.4. The molecule has 166 valence electrons. The number of ether oxygens (including phenoxy) is 2. The van der Waals surface area contributed by atoms with Gasteiger partial charge in [0.2, 0.25) is 0 Å². The van der Waals surface area contributed by atoms with Crippen molar-refractivity contribution >= 4 is 16.7 Å². The fraction of sp³-hybridized carbons (Fsp3) is 0.364. The second-order valence-corrected chi connectivity index (χ2v) is 7.66. The van der Waals surface area contributed by atoms with Crippen LogP contribution in [0.5, 0.6) is 0 Å². The summed E-state index contributed by atoms with van der Waals surface area (Å²) in [6, 6.07) is 5.92. The van der Waals surface area contributed by atoms with Gasteiger partial charge in [0, 0.05) is 55.3 Å². The number of nitrogens with zero attached hydrogens (tertiary/aromatic N) is 6. The minimum absolute atomic E-state index is 0.213. The molecule has 4 aromatic rings. The Morgan fingerprint density at radius 1 is 1.22 bits per heavy atom. The Balaban J connectivity index is 1.60. The van der Waals surface area contributed by atoms with E-state index < -0.39 is 6.10 Å². The van der Waals surface area contributed by atoms with Gasteiger partial charge in [0.05, 0.1) is 37.2 Å². The highest BCUT2D eigenvalue weighted by Crippen LogP contribution is 2.29. The number of hydrogen-bond donors (Lipinski definition) is 2. The van der Waals surface area contributed by atoms with E-state index in [0.29, 0.717) is 24.9 Å². The smallest absolute Gasteiger partial charge is 0.164 e. The van der Waals surface area contributed by atoms with Gasteiger partial charge in [0.15, 0.2) is 11.6 Å². The molecule has 1 aliphatic heterocycles. The number of nitrogens with one attached hydrogen (secondary N) is 1. The van der Waals surface area contributed by atoms with Crippen LogP contribution in [0.15, 0.2) is 36.8 Å². The summed E-state index contributed by atoms with van der Waals surface area (Å²) in [6.45, 7) is 4.53. The first kappa shape index (κ1) is 20.6. The Kier molecular flexibility index (Phi) is 5.56. The molecule has 0 saturated carbocycles. The van der Waals surface area contributed by atoms with Gasteiger partial charge in [0.25, 0.3) is 0 Å². The second kappa shape index (κ2) is 8.65. The van der Waals surface area contributed by atoms with Gasteiger partial charge in [-0.15, -0.1) is 0 Å². The molecule has 10 heteroatoms. The first-order chi connectivity index (χ1) is 15.7. The third-order valence-electron chi connectivity index (χ3n) is 5.65. The molecule has 1 atom stereocenters. The van der Waals surface area contributed by atoms with Gasteiger partial charge in [0.1, 0.15) is 11.9 Å². The summed E-state index contributed by atoms with van der Waals surface area (Å²) >= 11 is 0. The molecule has 5 rings (SSSR count). The van der Waals surface area contributed by atoms with Crippen LogP contribution in [0.3, 0.4) is 0 Å². The third-order valence-corrected chi connectivity index (χ3v) is 5.65. The summed E-state index contributed by atoms with van der Waals surface area (Å²) in [7, 11) is 1.54. The molecule has 1 fully saturated rings. The van der Waals surface area contributed by atoms with Crippen LogP contribution in [0, 0.1) is 6.92 Å². The first-order valence-corrected chi connectivity index (χ1v) is 10.5. The molecule has 0 bridgehead atoms. The minimum Gasteiger partial charge on any atom is -0.393 e. The van der Waals surface area contributed by atoms with Crippen LogP contribution in [0.4, 0.5) is 5.82 Å². The van der Waals surface area contributed by atoms with E-state index in [1.807, 2.05) is 31.3 Å². The molecule has 4 aromatic heterocycles. The van der Waals surface area contributed by atoms with E-state index in [1.165, 1.54) is 7.11 Å². The Morgan fingerprint density at radius 2 is 2.03 bits per heavy atom. The van der Waals surface area contributed by atoms with Crippen LogP contribution in [0.1, 0.15) is 17.6 Å². The largest absolute Gasteiger partial charge is 0.393 e. The predicted molar refractivity (Wildman–Crippen MR) is 119 cm³/mol. The molecular weight excluding hydrogens is 410 g/mol. The van der Waals surface area contributed by atoms with Crippen LogP contribution in [0.25, 0.3) is 28.0 Å². The van der Waals surface area contributed by atoms with Crippen molar-refractivity contribution in [2.24, 2.45) is 0 Å². The number of aliphatic hydroxyl groups is 1. The lowest BCUT2D eigenvalue weighted by molar-refractivity contribution is 0.0422. The molecule has 2 N–H and O–H groups in total. The van der Waals surface area contributed by atoms with Crippen LogP contribution < -0.4 is 4.90 Å². The highest BCUT2D eigenvalue weighted by atomic mass is 16.5. The van der Waals surface area contributed by atoms with Crippen molar-refractivity contribution in [2.75, 3.05) is 44.9 Å².